The van der Waals surface area contributed by atoms with Gasteiger partial charge in [0.25, 0.3) is 0 Å². The molecule has 0 radical (unpaired) electrons. The van der Waals surface area contributed by atoms with Crippen molar-refractivity contribution in [1.82, 2.24) is 0 Å². The Labute approximate surface area is 290 Å². The molecule has 1 aliphatic carbocycles. The lowest BCUT2D eigenvalue weighted by atomic mass is 9.82. The van der Waals surface area contributed by atoms with E-state index in [0.29, 0.717) is 0 Å². The molecule has 0 spiro atoms. The Morgan fingerprint density at radius 3 is 2.02 bits per heavy atom. The quantitative estimate of drug-likeness (QED) is 0.184. The Hall–Kier alpha value is -5.70. The number of benzene rings is 8. The van der Waals surface area contributed by atoms with E-state index in [1.54, 1.807) is 0 Å². The van der Waals surface area contributed by atoms with Gasteiger partial charge in [-0.05, 0) is 80.4 Å². The van der Waals surface area contributed by atoms with Crippen molar-refractivity contribution in [2.24, 2.45) is 0 Å². The van der Waals surface area contributed by atoms with Crippen LogP contribution in [0.4, 0.5) is 17.1 Å². The normalized spacial score (nSPS) is 13.3. The van der Waals surface area contributed by atoms with Crippen LogP contribution in [0.2, 0.25) is 0 Å². The topological polar surface area (TPSA) is 3.24 Å². The molecule has 9 aromatic rings. The van der Waals surface area contributed by atoms with Crippen LogP contribution in [0.1, 0.15) is 25.0 Å². The minimum atomic E-state index is -0.0849. The van der Waals surface area contributed by atoms with Gasteiger partial charge >= 0.3 is 0 Å². The van der Waals surface area contributed by atoms with Crippen molar-refractivity contribution in [3.05, 3.63) is 175 Å². The highest BCUT2D eigenvalue weighted by atomic mass is 32.1. The summed E-state index contributed by atoms with van der Waals surface area (Å²) in [4.78, 5) is 2.48. The Morgan fingerprint density at radius 2 is 1.12 bits per heavy atom. The maximum absolute atomic E-state index is 2.48. The first kappa shape index (κ1) is 28.3. The Kier molecular flexibility index (Phi) is 6.16. The molecular formula is C47H33NS. The second kappa shape index (κ2) is 10.7. The maximum Gasteiger partial charge on any atom is 0.0543 e. The van der Waals surface area contributed by atoms with Gasteiger partial charge < -0.3 is 4.90 Å². The second-order valence-corrected chi connectivity index (χ2v) is 14.8. The van der Waals surface area contributed by atoms with E-state index in [4.69, 9.17) is 0 Å². The monoisotopic (exact) mass is 643 g/mol. The van der Waals surface area contributed by atoms with E-state index in [-0.39, 0.29) is 5.41 Å². The van der Waals surface area contributed by atoms with E-state index in [2.05, 4.69) is 183 Å². The fourth-order valence-corrected chi connectivity index (χ4v) is 9.47. The van der Waals surface area contributed by atoms with Crippen LogP contribution in [0.3, 0.4) is 0 Å². The molecule has 0 saturated carbocycles. The molecule has 1 heterocycles. The lowest BCUT2D eigenvalue weighted by molar-refractivity contribution is 0.660. The highest BCUT2D eigenvalue weighted by Gasteiger charge is 2.37. The minimum absolute atomic E-state index is 0.0849. The van der Waals surface area contributed by atoms with Crippen LogP contribution in [-0.2, 0) is 5.41 Å². The molecule has 0 aliphatic heterocycles. The molecule has 10 rings (SSSR count). The summed E-state index contributed by atoms with van der Waals surface area (Å²) in [6.07, 6.45) is 0. The standard InChI is InChI=1S/C47H33NS/c1-47(2)41-17-7-5-15-39(41)45-42(47)18-10-19-43(45)48(33-25-21-31(22-26-33)36-16-9-12-30-11-3-4-13-35(30)36)34-27-23-32-24-28-38-37-14-6-8-20-44(37)49-46(38)40(32)29-34/h3-29H,1-2H3. The summed E-state index contributed by atoms with van der Waals surface area (Å²) in [6.45, 7) is 4.72. The fourth-order valence-electron chi connectivity index (χ4n) is 8.25. The van der Waals surface area contributed by atoms with Crippen molar-refractivity contribution in [2.75, 3.05) is 4.90 Å². The first-order valence-electron chi connectivity index (χ1n) is 17.0. The van der Waals surface area contributed by atoms with Gasteiger partial charge in [-0.15, -0.1) is 11.3 Å². The van der Waals surface area contributed by atoms with Crippen LogP contribution < -0.4 is 4.90 Å². The number of thiophene rings is 1. The largest absolute Gasteiger partial charge is 0.310 e. The average Bonchev–Trinajstić information content (AvgIpc) is 3.65. The summed E-state index contributed by atoms with van der Waals surface area (Å²) in [5.41, 5.74) is 11.3. The van der Waals surface area contributed by atoms with Crippen LogP contribution in [0.25, 0.3) is 64.0 Å². The van der Waals surface area contributed by atoms with Crippen LogP contribution in [-0.4, -0.2) is 0 Å². The van der Waals surface area contributed by atoms with E-state index < -0.39 is 0 Å². The molecule has 8 aromatic carbocycles. The molecule has 0 N–H and O–H groups in total. The van der Waals surface area contributed by atoms with Gasteiger partial charge in [-0.25, -0.2) is 0 Å². The van der Waals surface area contributed by atoms with Crippen molar-refractivity contribution >= 4 is 70.1 Å². The first-order chi connectivity index (χ1) is 24.1. The SMILES string of the molecule is CC1(C)c2ccccc2-c2c(N(c3ccc(-c4cccc5ccccc45)cc3)c3ccc4ccc5c6ccccc6sc5c4c3)cccc21. The van der Waals surface area contributed by atoms with Gasteiger partial charge in [0.2, 0.25) is 0 Å². The molecule has 0 bridgehead atoms. The van der Waals surface area contributed by atoms with Crippen molar-refractivity contribution < 1.29 is 0 Å². The second-order valence-electron chi connectivity index (χ2n) is 13.7. The maximum atomic E-state index is 2.48. The molecule has 0 amide bonds. The average molecular weight is 644 g/mol. The molecule has 232 valence electrons. The van der Waals surface area contributed by atoms with Gasteiger partial charge in [0.05, 0.1) is 5.69 Å². The first-order valence-corrected chi connectivity index (χ1v) is 17.8. The highest BCUT2D eigenvalue weighted by molar-refractivity contribution is 7.26. The fraction of sp³-hybridized carbons (Fsp3) is 0.0638. The van der Waals surface area contributed by atoms with Crippen molar-refractivity contribution in [1.29, 1.82) is 0 Å². The third-order valence-corrected chi connectivity index (χ3v) is 11.9. The number of fused-ring (bicyclic) bond motifs is 9. The lowest BCUT2D eigenvalue weighted by Crippen LogP contribution is -2.16. The van der Waals surface area contributed by atoms with Crippen molar-refractivity contribution in [2.45, 2.75) is 19.3 Å². The Bertz CT molecular complexity index is 2740. The van der Waals surface area contributed by atoms with Gasteiger partial charge in [0.15, 0.2) is 0 Å². The van der Waals surface area contributed by atoms with E-state index in [0.717, 1.165) is 11.4 Å². The predicted octanol–water partition coefficient (Wildman–Crippen LogP) is 13.8. The molecule has 49 heavy (non-hydrogen) atoms. The minimum Gasteiger partial charge on any atom is -0.310 e. The molecule has 1 aliphatic rings. The third-order valence-electron chi connectivity index (χ3n) is 10.7. The molecule has 0 unspecified atom stereocenters. The molecule has 0 atom stereocenters. The predicted molar refractivity (Wildman–Crippen MR) is 212 cm³/mol. The summed E-state index contributed by atoms with van der Waals surface area (Å²) in [5, 5.41) is 7.75. The smallest absolute Gasteiger partial charge is 0.0543 e. The summed E-state index contributed by atoms with van der Waals surface area (Å²) in [5.74, 6) is 0. The number of anilines is 3. The van der Waals surface area contributed by atoms with Crippen LogP contribution in [0.15, 0.2) is 164 Å². The molecule has 2 heteroatoms. The van der Waals surface area contributed by atoms with E-state index in [9.17, 15) is 0 Å². The van der Waals surface area contributed by atoms with Gasteiger partial charge in [-0.2, -0.15) is 0 Å². The summed E-state index contributed by atoms with van der Waals surface area (Å²) in [7, 11) is 0. The van der Waals surface area contributed by atoms with Gasteiger partial charge in [-0.3, -0.25) is 0 Å². The van der Waals surface area contributed by atoms with E-state index in [1.807, 2.05) is 11.3 Å². The third kappa shape index (κ3) is 4.24. The molecular weight excluding hydrogens is 611 g/mol. The number of rotatable bonds is 4. The Morgan fingerprint density at radius 1 is 0.469 bits per heavy atom. The molecule has 1 aromatic heterocycles. The van der Waals surface area contributed by atoms with Crippen LogP contribution in [0.5, 0.6) is 0 Å². The van der Waals surface area contributed by atoms with Gasteiger partial charge in [-0.1, -0.05) is 141 Å². The number of hydrogen-bond donors (Lipinski definition) is 0. The zero-order chi connectivity index (χ0) is 32.7. The molecule has 0 saturated heterocycles. The van der Waals surface area contributed by atoms with Crippen molar-refractivity contribution in [3.8, 4) is 22.3 Å². The van der Waals surface area contributed by atoms with Crippen LogP contribution in [0, 0.1) is 0 Å². The molecule has 0 fully saturated rings. The zero-order valence-corrected chi connectivity index (χ0v) is 28.3. The van der Waals surface area contributed by atoms with Gasteiger partial charge in [0, 0.05) is 47.9 Å². The van der Waals surface area contributed by atoms with Crippen LogP contribution >= 0.6 is 11.3 Å². The summed E-state index contributed by atoms with van der Waals surface area (Å²) in [6, 6.07) is 60.6. The number of hydrogen-bond acceptors (Lipinski definition) is 2. The highest BCUT2D eigenvalue weighted by Crippen LogP contribution is 2.54. The lowest BCUT2D eigenvalue weighted by Gasteiger charge is -2.29. The van der Waals surface area contributed by atoms with E-state index >= 15 is 0 Å². The Balaban J connectivity index is 1.21. The van der Waals surface area contributed by atoms with Crippen molar-refractivity contribution in [3.63, 3.8) is 0 Å². The zero-order valence-electron chi connectivity index (χ0n) is 27.4. The summed E-state index contributed by atoms with van der Waals surface area (Å²) < 4.78 is 2.67. The number of nitrogens with zero attached hydrogens (tertiary/aromatic N) is 1. The van der Waals surface area contributed by atoms with E-state index in [1.165, 1.54) is 80.8 Å². The van der Waals surface area contributed by atoms with Gasteiger partial charge in [0.1, 0.15) is 0 Å². The molecule has 1 nitrogen and oxygen atoms in total. The summed E-state index contributed by atoms with van der Waals surface area (Å²) >= 11 is 1.90.